The number of nitrogens with zero attached hydrogens (tertiary/aromatic N) is 1. The van der Waals surface area contributed by atoms with Crippen LogP contribution in [-0.4, -0.2) is 50.9 Å². The molecule has 0 unspecified atom stereocenters. The fourth-order valence-electron chi connectivity index (χ4n) is 3.33. The first-order valence-electron chi connectivity index (χ1n) is 10.2. The Hall–Kier alpha value is -3.47. The first-order chi connectivity index (χ1) is 15.9. The van der Waals surface area contributed by atoms with Gasteiger partial charge in [-0.2, -0.15) is 4.31 Å². The smallest absolute Gasteiger partial charge is 0.342 e. The van der Waals surface area contributed by atoms with Crippen LogP contribution in [0.25, 0.3) is 0 Å². The van der Waals surface area contributed by atoms with Crippen LogP contribution in [0.4, 0.5) is 5.69 Å². The third kappa shape index (κ3) is 5.30. The predicted molar refractivity (Wildman–Crippen MR) is 118 cm³/mol. The second kappa shape index (κ2) is 9.99. The van der Waals surface area contributed by atoms with Gasteiger partial charge in [-0.15, -0.1) is 0 Å². The normalized spacial score (nSPS) is 15.5. The van der Waals surface area contributed by atoms with Gasteiger partial charge in [0.1, 0.15) is 6.26 Å². The molecule has 9 nitrogen and oxygen atoms in total. The summed E-state index contributed by atoms with van der Waals surface area (Å²) in [6.07, 6.45) is 1.30. The lowest BCUT2D eigenvalue weighted by Crippen LogP contribution is -2.40. The zero-order valence-electron chi connectivity index (χ0n) is 17.5. The number of ether oxygens (including phenoxy) is 2. The molecule has 0 spiro atoms. The van der Waals surface area contributed by atoms with Crippen molar-refractivity contribution in [1.82, 2.24) is 4.31 Å². The van der Waals surface area contributed by atoms with Crippen molar-refractivity contribution < 1.29 is 31.9 Å². The van der Waals surface area contributed by atoms with Gasteiger partial charge in [0.05, 0.1) is 29.9 Å². The number of sulfonamides is 1. The molecule has 10 heteroatoms. The predicted octanol–water partition coefficient (Wildman–Crippen LogP) is 2.84. The monoisotopic (exact) mass is 470 g/mol. The number of hydrogen-bond acceptors (Lipinski definition) is 7. The minimum absolute atomic E-state index is 0.0499. The molecule has 1 atom stereocenters. The minimum Gasteiger partial charge on any atom is -0.472 e. The van der Waals surface area contributed by atoms with Gasteiger partial charge in [0.2, 0.25) is 16.1 Å². The second-order valence-electron chi connectivity index (χ2n) is 7.24. The van der Waals surface area contributed by atoms with E-state index in [1.807, 2.05) is 0 Å². The van der Waals surface area contributed by atoms with Gasteiger partial charge in [-0.1, -0.05) is 36.4 Å². The molecule has 172 valence electrons. The van der Waals surface area contributed by atoms with Crippen LogP contribution in [-0.2, 0) is 24.3 Å². The molecule has 1 saturated heterocycles. The van der Waals surface area contributed by atoms with E-state index in [2.05, 4.69) is 5.32 Å². The maximum Gasteiger partial charge on any atom is 0.342 e. The van der Waals surface area contributed by atoms with Crippen molar-refractivity contribution in [2.75, 3.05) is 31.6 Å². The van der Waals surface area contributed by atoms with Gasteiger partial charge in [-0.05, 0) is 24.3 Å². The van der Waals surface area contributed by atoms with Crippen LogP contribution in [0, 0.1) is 0 Å². The van der Waals surface area contributed by atoms with Gasteiger partial charge < -0.3 is 19.2 Å². The molecule has 1 aliphatic rings. The number of anilines is 1. The number of hydrogen-bond donors (Lipinski definition) is 1. The fourth-order valence-corrected chi connectivity index (χ4v) is 4.79. The molecular formula is C23H22N2O7S. The topological polar surface area (TPSA) is 115 Å². The van der Waals surface area contributed by atoms with E-state index in [1.165, 1.54) is 41.1 Å². The highest BCUT2D eigenvalue weighted by molar-refractivity contribution is 7.89. The number of rotatable bonds is 7. The Bertz CT molecular complexity index is 1200. The van der Waals surface area contributed by atoms with E-state index >= 15 is 0 Å². The third-order valence-corrected chi connectivity index (χ3v) is 6.93. The molecule has 2 heterocycles. The van der Waals surface area contributed by atoms with Gasteiger partial charge in [-0.25, -0.2) is 13.2 Å². The maximum absolute atomic E-state index is 13.1. The van der Waals surface area contributed by atoms with Crippen LogP contribution >= 0.6 is 0 Å². The molecule has 2 aromatic carbocycles. The number of carbonyl (C=O) groups excluding carboxylic acids is 2. The third-order valence-electron chi connectivity index (χ3n) is 5.03. The van der Waals surface area contributed by atoms with Crippen molar-refractivity contribution in [2.24, 2.45) is 0 Å². The van der Waals surface area contributed by atoms with Crippen LogP contribution in [0.3, 0.4) is 0 Å². The number of amides is 1. The highest BCUT2D eigenvalue weighted by atomic mass is 32.2. The molecule has 0 bridgehead atoms. The lowest BCUT2D eigenvalue weighted by Gasteiger charge is -2.26. The van der Waals surface area contributed by atoms with Crippen LogP contribution in [0.1, 0.15) is 22.0 Å². The number of benzene rings is 2. The molecule has 0 aliphatic carbocycles. The van der Waals surface area contributed by atoms with Gasteiger partial charge >= 0.3 is 5.97 Å². The summed E-state index contributed by atoms with van der Waals surface area (Å²) in [6, 6.07) is 15.9. The van der Waals surface area contributed by atoms with Crippen LogP contribution in [0.5, 0.6) is 0 Å². The van der Waals surface area contributed by atoms with Gasteiger partial charge in [-0.3, -0.25) is 4.79 Å². The lowest BCUT2D eigenvalue weighted by molar-refractivity contribution is -0.125. The van der Waals surface area contributed by atoms with Crippen molar-refractivity contribution in [2.45, 2.75) is 11.0 Å². The van der Waals surface area contributed by atoms with E-state index in [9.17, 15) is 18.0 Å². The van der Waals surface area contributed by atoms with E-state index in [1.54, 1.807) is 36.4 Å². The molecule has 1 aliphatic heterocycles. The Kier molecular flexibility index (Phi) is 6.87. The van der Waals surface area contributed by atoms with Gasteiger partial charge in [0.25, 0.3) is 5.91 Å². The highest BCUT2D eigenvalue weighted by Crippen LogP contribution is 2.24. The molecule has 1 fully saturated rings. The van der Waals surface area contributed by atoms with Crippen LogP contribution in [0.15, 0.2) is 82.5 Å². The minimum atomic E-state index is -3.74. The molecule has 1 N–H and O–H groups in total. The van der Waals surface area contributed by atoms with Crippen LogP contribution in [0.2, 0.25) is 0 Å². The van der Waals surface area contributed by atoms with E-state index in [4.69, 9.17) is 13.9 Å². The standard InChI is InChI=1S/C23H22N2O7S/c26-22(21(17-5-2-1-3-6-17)32-23(27)18-9-12-31-16-18)24-19-7-4-8-20(15-19)33(28,29)25-10-13-30-14-11-25/h1-9,12,15-16,21H,10-11,13-14H2,(H,24,26)/t21-/m1/s1. The quantitative estimate of drug-likeness (QED) is 0.528. The summed E-state index contributed by atoms with van der Waals surface area (Å²) in [5.74, 6) is -1.35. The van der Waals surface area contributed by atoms with Gasteiger partial charge in [0.15, 0.2) is 0 Å². The zero-order chi connectivity index (χ0) is 23.3. The van der Waals surface area contributed by atoms with E-state index < -0.39 is 28.0 Å². The van der Waals surface area contributed by atoms with Crippen LogP contribution < -0.4 is 5.32 Å². The first kappa shape index (κ1) is 22.7. The summed E-state index contributed by atoms with van der Waals surface area (Å²) in [6.45, 7) is 1.19. The molecule has 1 aromatic heterocycles. The lowest BCUT2D eigenvalue weighted by atomic mass is 10.1. The number of esters is 1. The summed E-state index contributed by atoms with van der Waals surface area (Å²) >= 11 is 0. The average Bonchev–Trinajstić information content (AvgIpc) is 3.39. The Morgan fingerprint density at radius 1 is 1.00 bits per heavy atom. The number of morpholine rings is 1. The average molecular weight is 471 g/mol. The molecule has 0 radical (unpaired) electrons. The molecular weight excluding hydrogens is 448 g/mol. The summed E-state index contributed by atoms with van der Waals surface area (Å²) in [4.78, 5) is 25.6. The van der Waals surface area contributed by atoms with Crippen molar-refractivity contribution >= 4 is 27.6 Å². The molecule has 1 amide bonds. The first-order valence-corrected chi connectivity index (χ1v) is 11.7. The Labute approximate surface area is 191 Å². The largest absolute Gasteiger partial charge is 0.472 e. The maximum atomic E-state index is 13.1. The molecule has 33 heavy (non-hydrogen) atoms. The fraction of sp³-hybridized carbons (Fsp3) is 0.217. The molecule has 4 rings (SSSR count). The zero-order valence-corrected chi connectivity index (χ0v) is 18.4. The number of carbonyl (C=O) groups is 2. The summed E-state index contributed by atoms with van der Waals surface area (Å²) in [5, 5.41) is 2.66. The summed E-state index contributed by atoms with van der Waals surface area (Å²) in [7, 11) is -3.74. The molecule has 3 aromatic rings. The van der Waals surface area contributed by atoms with Crippen molar-refractivity contribution in [3.8, 4) is 0 Å². The van der Waals surface area contributed by atoms with E-state index in [0.29, 0.717) is 18.8 Å². The molecule has 0 saturated carbocycles. The van der Waals surface area contributed by atoms with Gasteiger partial charge in [0, 0.05) is 24.3 Å². The van der Waals surface area contributed by atoms with Crippen molar-refractivity contribution in [1.29, 1.82) is 0 Å². The summed E-state index contributed by atoms with van der Waals surface area (Å²) in [5.41, 5.74) is 0.890. The Morgan fingerprint density at radius 3 is 2.45 bits per heavy atom. The summed E-state index contributed by atoms with van der Waals surface area (Å²) < 4.78 is 42.8. The Morgan fingerprint density at radius 2 is 1.76 bits per heavy atom. The van der Waals surface area contributed by atoms with E-state index in [0.717, 1.165) is 0 Å². The van der Waals surface area contributed by atoms with E-state index in [-0.39, 0.29) is 29.2 Å². The SMILES string of the molecule is O=C(O[C@@H](C(=O)Nc1cccc(S(=O)(=O)N2CCOCC2)c1)c1ccccc1)c1ccoc1. The second-order valence-corrected chi connectivity index (χ2v) is 9.18. The highest BCUT2D eigenvalue weighted by Gasteiger charge is 2.28. The number of furan rings is 1. The number of nitrogens with one attached hydrogen (secondary N) is 1. The van der Waals surface area contributed by atoms with Crippen molar-refractivity contribution in [3.05, 3.63) is 84.3 Å². The van der Waals surface area contributed by atoms with Crippen molar-refractivity contribution in [3.63, 3.8) is 0 Å². The Balaban J connectivity index is 1.55.